The topological polar surface area (TPSA) is 89.5 Å². The third-order valence-electron chi connectivity index (χ3n) is 3.91. The number of anilines is 2. The number of nitrogens with zero attached hydrogens (tertiary/aromatic N) is 1. The highest BCUT2D eigenvalue weighted by Gasteiger charge is 2.15. The Bertz CT molecular complexity index is 999. The van der Waals surface area contributed by atoms with Crippen LogP contribution in [0, 0.1) is 6.92 Å². The van der Waals surface area contributed by atoms with E-state index in [1.807, 2.05) is 19.1 Å². The fourth-order valence-corrected chi connectivity index (χ4v) is 3.14. The molecule has 0 radical (unpaired) electrons. The highest BCUT2D eigenvalue weighted by Crippen LogP contribution is 2.26. The van der Waals surface area contributed by atoms with Crippen molar-refractivity contribution >= 4 is 34.0 Å². The van der Waals surface area contributed by atoms with Gasteiger partial charge in [0.05, 0.1) is 19.9 Å². The summed E-state index contributed by atoms with van der Waals surface area (Å²) in [4.78, 5) is 29.0. The molecule has 2 N–H and O–H groups in total. The van der Waals surface area contributed by atoms with Crippen molar-refractivity contribution in [1.82, 2.24) is 4.98 Å². The van der Waals surface area contributed by atoms with E-state index >= 15 is 0 Å². The summed E-state index contributed by atoms with van der Waals surface area (Å²) >= 11 is 1.17. The second-order valence-corrected chi connectivity index (χ2v) is 6.74. The minimum absolute atomic E-state index is 0.207. The summed E-state index contributed by atoms with van der Waals surface area (Å²) < 4.78 is 10.3. The lowest BCUT2D eigenvalue weighted by molar-refractivity contribution is 0.101. The smallest absolute Gasteiger partial charge is 0.275 e. The molecule has 3 rings (SSSR count). The lowest BCUT2D eigenvalue weighted by atomic mass is 10.2. The molecule has 1 aromatic heterocycles. The van der Waals surface area contributed by atoms with E-state index in [1.165, 1.54) is 18.4 Å². The van der Waals surface area contributed by atoms with Gasteiger partial charge in [0.15, 0.2) is 5.13 Å². The average molecular weight is 397 g/mol. The van der Waals surface area contributed by atoms with Gasteiger partial charge in [0, 0.05) is 10.9 Å². The number of hydrogen-bond donors (Lipinski definition) is 2. The largest absolute Gasteiger partial charge is 0.497 e. The second kappa shape index (κ2) is 8.53. The molecule has 2 aromatic carbocycles. The van der Waals surface area contributed by atoms with E-state index < -0.39 is 0 Å². The molecule has 0 spiro atoms. The van der Waals surface area contributed by atoms with Crippen LogP contribution in [0.25, 0.3) is 0 Å². The third kappa shape index (κ3) is 4.47. The fourth-order valence-electron chi connectivity index (χ4n) is 2.45. The Kier molecular flexibility index (Phi) is 5.90. The number of methoxy groups -OCH3 is 2. The highest BCUT2D eigenvalue weighted by molar-refractivity contribution is 7.14. The van der Waals surface area contributed by atoms with E-state index in [1.54, 1.807) is 42.8 Å². The molecule has 7 nitrogen and oxygen atoms in total. The number of carbonyl (C=O) groups excluding carboxylic acids is 2. The minimum atomic E-state index is -0.384. The van der Waals surface area contributed by atoms with Crippen LogP contribution in [-0.4, -0.2) is 31.0 Å². The number of aryl methyl sites for hydroxylation is 1. The molecule has 0 aliphatic rings. The Morgan fingerprint density at radius 2 is 1.71 bits per heavy atom. The molecule has 3 aromatic rings. The molecule has 0 bridgehead atoms. The Balaban J connectivity index is 1.68. The first-order valence-electron chi connectivity index (χ1n) is 8.37. The first-order valence-corrected chi connectivity index (χ1v) is 9.25. The van der Waals surface area contributed by atoms with Crippen molar-refractivity contribution in [2.75, 3.05) is 24.9 Å². The molecule has 0 aliphatic heterocycles. The summed E-state index contributed by atoms with van der Waals surface area (Å²) in [5, 5.41) is 7.39. The molecular formula is C20H19N3O4S. The van der Waals surface area contributed by atoms with Crippen molar-refractivity contribution < 1.29 is 19.1 Å². The number of aromatic nitrogens is 1. The van der Waals surface area contributed by atoms with Gasteiger partial charge in [0.1, 0.15) is 17.2 Å². The van der Waals surface area contributed by atoms with Crippen LogP contribution in [0.3, 0.4) is 0 Å². The van der Waals surface area contributed by atoms with Gasteiger partial charge in [-0.05, 0) is 48.9 Å². The van der Waals surface area contributed by atoms with Crippen LogP contribution in [0.1, 0.15) is 26.4 Å². The molecule has 0 aliphatic carbocycles. The first-order chi connectivity index (χ1) is 13.5. The van der Waals surface area contributed by atoms with Crippen LogP contribution in [0.5, 0.6) is 11.5 Å². The summed E-state index contributed by atoms with van der Waals surface area (Å²) in [6, 6.07) is 12.2. The zero-order valence-corrected chi connectivity index (χ0v) is 16.4. The van der Waals surface area contributed by atoms with Crippen LogP contribution in [0.2, 0.25) is 0 Å². The number of carbonyl (C=O) groups is 2. The first kappa shape index (κ1) is 19.4. The molecule has 144 valence electrons. The number of rotatable bonds is 6. The van der Waals surface area contributed by atoms with Gasteiger partial charge in [-0.15, -0.1) is 11.3 Å². The molecule has 0 atom stereocenters. The molecule has 0 saturated heterocycles. The molecule has 0 saturated carbocycles. The van der Waals surface area contributed by atoms with E-state index in [4.69, 9.17) is 9.47 Å². The predicted molar refractivity (Wildman–Crippen MR) is 109 cm³/mol. The van der Waals surface area contributed by atoms with E-state index in [-0.39, 0.29) is 17.5 Å². The normalized spacial score (nSPS) is 10.2. The molecular weight excluding hydrogens is 378 g/mol. The minimum Gasteiger partial charge on any atom is -0.497 e. The van der Waals surface area contributed by atoms with E-state index in [0.717, 1.165) is 5.56 Å². The zero-order chi connectivity index (χ0) is 20.1. The summed E-state index contributed by atoms with van der Waals surface area (Å²) in [7, 11) is 3.10. The van der Waals surface area contributed by atoms with Gasteiger partial charge in [0.25, 0.3) is 11.8 Å². The Labute approximate surface area is 166 Å². The van der Waals surface area contributed by atoms with E-state index in [9.17, 15) is 9.59 Å². The van der Waals surface area contributed by atoms with Crippen molar-refractivity contribution in [3.8, 4) is 11.5 Å². The van der Waals surface area contributed by atoms with Crippen LogP contribution < -0.4 is 20.1 Å². The van der Waals surface area contributed by atoms with E-state index in [2.05, 4.69) is 15.6 Å². The van der Waals surface area contributed by atoms with Gasteiger partial charge in [-0.3, -0.25) is 14.9 Å². The standard InChI is InChI=1S/C20H19N3O4S/c1-12-4-9-17(27-3)15(10-12)21-19(25)16-11-28-20(22-16)23-18(24)13-5-7-14(26-2)8-6-13/h4-11H,1-3H3,(H,21,25)(H,22,23,24). The monoisotopic (exact) mass is 397 g/mol. The maximum atomic E-state index is 12.5. The number of thiazole rings is 1. The number of hydrogen-bond acceptors (Lipinski definition) is 6. The Hall–Kier alpha value is -3.39. The van der Waals surface area contributed by atoms with Gasteiger partial charge in [0.2, 0.25) is 0 Å². The fraction of sp³-hybridized carbons (Fsp3) is 0.150. The number of nitrogens with one attached hydrogen (secondary N) is 2. The second-order valence-electron chi connectivity index (χ2n) is 5.88. The van der Waals surface area contributed by atoms with Crippen molar-refractivity contribution in [3.63, 3.8) is 0 Å². The molecule has 0 fully saturated rings. The predicted octanol–water partition coefficient (Wildman–Crippen LogP) is 3.97. The summed E-state index contributed by atoms with van der Waals surface area (Å²) in [5.41, 5.74) is 2.22. The van der Waals surface area contributed by atoms with Crippen LogP contribution in [-0.2, 0) is 0 Å². The maximum Gasteiger partial charge on any atom is 0.275 e. The maximum absolute atomic E-state index is 12.5. The summed E-state index contributed by atoms with van der Waals surface area (Å²) in [6.07, 6.45) is 0. The van der Waals surface area contributed by atoms with Gasteiger partial charge in [-0.2, -0.15) is 0 Å². The molecule has 1 heterocycles. The van der Waals surface area contributed by atoms with Crippen molar-refractivity contribution in [1.29, 1.82) is 0 Å². The van der Waals surface area contributed by atoms with Gasteiger partial charge < -0.3 is 14.8 Å². The number of ether oxygens (including phenoxy) is 2. The van der Waals surface area contributed by atoms with Crippen LogP contribution >= 0.6 is 11.3 Å². The molecule has 2 amide bonds. The van der Waals surface area contributed by atoms with Crippen LogP contribution in [0.4, 0.5) is 10.8 Å². The van der Waals surface area contributed by atoms with Crippen LogP contribution in [0.15, 0.2) is 47.8 Å². The molecule has 28 heavy (non-hydrogen) atoms. The van der Waals surface area contributed by atoms with Gasteiger partial charge in [-0.1, -0.05) is 6.07 Å². The lowest BCUT2D eigenvalue weighted by Gasteiger charge is -2.10. The van der Waals surface area contributed by atoms with Crippen molar-refractivity contribution in [3.05, 3.63) is 64.7 Å². The Morgan fingerprint density at radius 3 is 2.39 bits per heavy atom. The highest BCUT2D eigenvalue weighted by atomic mass is 32.1. The summed E-state index contributed by atoms with van der Waals surface area (Å²) in [5.74, 6) is 0.521. The number of amides is 2. The average Bonchev–Trinajstić information content (AvgIpc) is 3.17. The van der Waals surface area contributed by atoms with E-state index in [0.29, 0.717) is 27.9 Å². The van der Waals surface area contributed by atoms with Crippen molar-refractivity contribution in [2.24, 2.45) is 0 Å². The zero-order valence-electron chi connectivity index (χ0n) is 15.6. The summed E-state index contributed by atoms with van der Waals surface area (Å²) in [6.45, 7) is 1.92. The Morgan fingerprint density at radius 1 is 0.964 bits per heavy atom. The molecule has 8 heteroatoms. The number of benzene rings is 2. The van der Waals surface area contributed by atoms with Gasteiger partial charge >= 0.3 is 0 Å². The van der Waals surface area contributed by atoms with Crippen molar-refractivity contribution in [2.45, 2.75) is 6.92 Å². The SMILES string of the molecule is COc1ccc(C(=O)Nc2nc(C(=O)Nc3cc(C)ccc3OC)cs2)cc1. The quantitative estimate of drug-likeness (QED) is 0.657. The lowest BCUT2D eigenvalue weighted by Crippen LogP contribution is -2.14. The van der Waals surface area contributed by atoms with Gasteiger partial charge in [-0.25, -0.2) is 4.98 Å². The molecule has 0 unspecified atom stereocenters. The third-order valence-corrected chi connectivity index (χ3v) is 4.67.